The fraction of sp³-hybridized carbons (Fsp3) is 0.250. The predicted molar refractivity (Wildman–Crippen MR) is 75.7 cm³/mol. The van der Waals surface area contributed by atoms with Gasteiger partial charge < -0.3 is 5.73 Å². The molecule has 3 atom stereocenters. The molecule has 2 heteroatoms. The van der Waals surface area contributed by atoms with E-state index in [-0.39, 0.29) is 6.04 Å². The average molecular weight is 258 g/mol. The number of hydrogen-bond acceptors (Lipinski definition) is 1. The molecule has 3 rings (SSSR count). The summed E-state index contributed by atoms with van der Waals surface area (Å²) in [6.07, 6.45) is 1.19. The van der Waals surface area contributed by atoms with E-state index in [1.165, 1.54) is 17.5 Å². The zero-order valence-corrected chi connectivity index (χ0v) is 10.8. The Balaban J connectivity index is 1.73. The molecule has 0 amide bonds. The summed E-state index contributed by atoms with van der Waals surface area (Å²) in [6, 6.07) is 18.6. The fourth-order valence-corrected chi connectivity index (χ4v) is 2.75. The van der Waals surface area contributed by atoms with E-state index in [1.807, 2.05) is 24.3 Å². The maximum atomic E-state index is 6.34. The second kappa shape index (κ2) is 4.75. The molecule has 18 heavy (non-hydrogen) atoms. The van der Waals surface area contributed by atoms with Gasteiger partial charge in [0.2, 0.25) is 0 Å². The van der Waals surface area contributed by atoms with Crippen molar-refractivity contribution in [2.45, 2.75) is 18.4 Å². The fourth-order valence-electron chi connectivity index (χ4n) is 2.63. The molecular weight excluding hydrogens is 242 g/mol. The molecule has 0 heterocycles. The normalized spacial score (nSPS) is 23.7. The van der Waals surface area contributed by atoms with Gasteiger partial charge >= 0.3 is 0 Å². The maximum absolute atomic E-state index is 6.34. The molecule has 0 aromatic heterocycles. The average Bonchev–Trinajstić information content (AvgIpc) is 3.20. The largest absolute Gasteiger partial charge is 0.324 e. The quantitative estimate of drug-likeness (QED) is 0.879. The lowest BCUT2D eigenvalue weighted by molar-refractivity contribution is 0.616. The standard InChI is InChI=1S/C16H16ClN/c17-13-8-6-12(7-9-13)16(18)15-10-14(15)11-4-2-1-3-5-11/h1-9,14-16H,10,18H2. The third-order valence-electron chi connectivity index (χ3n) is 3.78. The van der Waals surface area contributed by atoms with Crippen LogP contribution in [0.25, 0.3) is 0 Å². The van der Waals surface area contributed by atoms with Crippen molar-refractivity contribution in [2.75, 3.05) is 0 Å². The molecular formula is C16H16ClN. The number of rotatable bonds is 3. The first-order valence-electron chi connectivity index (χ1n) is 6.31. The summed E-state index contributed by atoms with van der Waals surface area (Å²) in [5, 5.41) is 0.765. The smallest absolute Gasteiger partial charge is 0.0406 e. The van der Waals surface area contributed by atoms with Gasteiger partial charge in [0.25, 0.3) is 0 Å². The summed E-state index contributed by atoms with van der Waals surface area (Å²) >= 11 is 5.90. The van der Waals surface area contributed by atoms with Crippen LogP contribution in [0.15, 0.2) is 54.6 Å². The molecule has 3 unspecified atom stereocenters. The third kappa shape index (κ3) is 2.29. The monoisotopic (exact) mass is 257 g/mol. The van der Waals surface area contributed by atoms with Crippen LogP contribution in [0.5, 0.6) is 0 Å². The molecule has 1 aliphatic rings. The molecule has 0 saturated heterocycles. The third-order valence-corrected chi connectivity index (χ3v) is 4.04. The summed E-state index contributed by atoms with van der Waals surface area (Å²) in [5.41, 5.74) is 8.93. The minimum absolute atomic E-state index is 0.118. The van der Waals surface area contributed by atoms with Crippen molar-refractivity contribution in [3.63, 3.8) is 0 Å². The maximum Gasteiger partial charge on any atom is 0.0406 e. The molecule has 1 nitrogen and oxygen atoms in total. The first kappa shape index (κ1) is 11.8. The number of hydrogen-bond donors (Lipinski definition) is 1. The summed E-state index contributed by atoms with van der Waals surface area (Å²) in [6.45, 7) is 0. The van der Waals surface area contributed by atoms with Crippen molar-refractivity contribution < 1.29 is 0 Å². The Bertz CT molecular complexity index is 521. The predicted octanol–water partition coefficient (Wildman–Crippen LogP) is 4.14. The summed E-state index contributed by atoms with van der Waals surface area (Å²) in [5.74, 6) is 1.19. The van der Waals surface area contributed by atoms with Gasteiger partial charge in [-0.3, -0.25) is 0 Å². The first-order valence-corrected chi connectivity index (χ1v) is 6.69. The van der Waals surface area contributed by atoms with Crippen LogP contribution in [0, 0.1) is 5.92 Å². The van der Waals surface area contributed by atoms with Crippen LogP contribution in [-0.4, -0.2) is 0 Å². The molecule has 92 valence electrons. The van der Waals surface area contributed by atoms with Gasteiger partial charge in [0.15, 0.2) is 0 Å². The lowest BCUT2D eigenvalue weighted by atomic mass is 10.00. The van der Waals surface area contributed by atoms with Crippen molar-refractivity contribution in [1.29, 1.82) is 0 Å². The van der Waals surface area contributed by atoms with E-state index in [1.54, 1.807) is 0 Å². The molecule has 1 fully saturated rings. The Labute approximate surface area is 113 Å². The molecule has 1 saturated carbocycles. The van der Waals surface area contributed by atoms with Gasteiger partial charge in [-0.2, -0.15) is 0 Å². The Morgan fingerprint density at radius 2 is 1.67 bits per heavy atom. The van der Waals surface area contributed by atoms with E-state index < -0.39 is 0 Å². The van der Waals surface area contributed by atoms with Gasteiger partial charge in [-0.25, -0.2) is 0 Å². The van der Waals surface area contributed by atoms with Crippen molar-refractivity contribution in [1.82, 2.24) is 0 Å². The molecule has 2 aromatic carbocycles. The van der Waals surface area contributed by atoms with Gasteiger partial charge in [-0.05, 0) is 41.5 Å². The van der Waals surface area contributed by atoms with Crippen LogP contribution in [0.3, 0.4) is 0 Å². The van der Waals surface area contributed by atoms with Crippen LogP contribution in [0.1, 0.15) is 29.5 Å². The second-order valence-corrected chi connectivity index (χ2v) is 5.43. The van der Waals surface area contributed by atoms with Gasteiger partial charge in [0, 0.05) is 11.1 Å². The molecule has 2 N–H and O–H groups in total. The number of benzene rings is 2. The van der Waals surface area contributed by atoms with E-state index in [4.69, 9.17) is 17.3 Å². The molecule has 2 aromatic rings. The van der Waals surface area contributed by atoms with E-state index >= 15 is 0 Å². The van der Waals surface area contributed by atoms with Crippen molar-refractivity contribution in [3.8, 4) is 0 Å². The SMILES string of the molecule is NC(c1ccc(Cl)cc1)C1CC1c1ccccc1. The van der Waals surface area contributed by atoms with Crippen molar-refractivity contribution in [3.05, 3.63) is 70.7 Å². The van der Waals surface area contributed by atoms with Gasteiger partial charge in [0.1, 0.15) is 0 Å². The Hall–Kier alpha value is -1.31. The highest BCUT2D eigenvalue weighted by Gasteiger charge is 2.42. The van der Waals surface area contributed by atoms with Crippen LogP contribution < -0.4 is 5.73 Å². The molecule has 0 aliphatic heterocycles. The molecule has 0 radical (unpaired) electrons. The highest BCUT2D eigenvalue weighted by molar-refractivity contribution is 6.30. The van der Waals surface area contributed by atoms with Gasteiger partial charge in [0.05, 0.1) is 0 Å². The van der Waals surface area contributed by atoms with E-state index in [2.05, 4.69) is 30.3 Å². The van der Waals surface area contributed by atoms with Gasteiger partial charge in [-0.1, -0.05) is 54.1 Å². The molecule has 1 aliphatic carbocycles. The van der Waals surface area contributed by atoms with Crippen LogP contribution in [-0.2, 0) is 0 Å². The van der Waals surface area contributed by atoms with Crippen LogP contribution in [0.2, 0.25) is 5.02 Å². The van der Waals surface area contributed by atoms with Gasteiger partial charge in [-0.15, -0.1) is 0 Å². The van der Waals surface area contributed by atoms with E-state index in [0.717, 1.165) is 5.02 Å². The Kier molecular flexibility index (Phi) is 3.11. The first-order chi connectivity index (χ1) is 8.75. The summed E-state index contributed by atoms with van der Waals surface area (Å²) in [7, 11) is 0. The lowest BCUT2D eigenvalue weighted by Crippen LogP contribution is -2.13. The Morgan fingerprint density at radius 3 is 2.33 bits per heavy atom. The zero-order chi connectivity index (χ0) is 12.5. The second-order valence-electron chi connectivity index (χ2n) is 4.99. The van der Waals surface area contributed by atoms with Crippen LogP contribution >= 0.6 is 11.6 Å². The minimum Gasteiger partial charge on any atom is -0.324 e. The lowest BCUT2D eigenvalue weighted by Gasteiger charge is -2.12. The molecule has 0 bridgehead atoms. The Morgan fingerprint density at radius 1 is 1.00 bits per heavy atom. The van der Waals surface area contributed by atoms with E-state index in [9.17, 15) is 0 Å². The number of nitrogens with two attached hydrogens (primary N) is 1. The summed E-state index contributed by atoms with van der Waals surface area (Å²) < 4.78 is 0. The minimum atomic E-state index is 0.118. The highest BCUT2D eigenvalue weighted by atomic mass is 35.5. The highest BCUT2D eigenvalue weighted by Crippen LogP contribution is 2.53. The topological polar surface area (TPSA) is 26.0 Å². The van der Waals surface area contributed by atoms with Crippen LogP contribution in [0.4, 0.5) is 0 Å². The van der Waals surface area contributed by atoms with Crippen molar-refractivity contribution in [2.24, 2.45) is 11.7 Å². The summed E-state index contributed by atoms with van der Waals surface area (Å²) in [4.78, 5) is 0. The van der Waals surface area contributed by atoms with Crippen molar-refractivity contribution >= 4 is 11.6 Å². The van der Waals surface area contributed by atoms with E-state index in [0.29, 0.717) is 11.8 Å². The number of halogens is 1. The molecule has 0 spiro atoms. The zero-order valence-electron chi connectivity index (χ0n) is 10.1.